The monoisotopic (exact) mass is 434 g/mol. The first-order valence-corrected chi connectivity index (χ1v) is 10.8. The average Bonchev–Trinajstić information content (AvgIpc) is 2.72. The van der Waals surface area contributed by atoms with Crippen molar-refractivity contribution in [3.8, 4) is 0 Å². The van der Waals surface area contributed by atoms with E-state index in [2.05, 4.69) is 4.72 Å². The van der Waals surface area contributed by atoms with E-state index < -0.39 is 39.6 Å². The van der Waals surface area contributed by atoms with Crippen LogP contribution in [0.4, 0.5) is 13.2 Å². The third-order valence-electron chi connectivity index (χ3n) is 4.65. The summed E-state index contributed by atoms with van der Waals surface area (Å²) < 4.78 is 66.4. The molecule has 0 spiro atoms. The number of nitrogens with one attached hydrogen (secondary N) is 1. The second-order valence-corrected chi connectivity index (χ2v) is 8.65. The fourth-order valence-corrected chi connectivity index (χ4v) is 4.51. The normalized spacial score (nSPS) is 14.3. The van der Waals surface area contributed by atoms with Gasteiger partial charge in [0.25, 0.3) is 0 Å². The van der Waals surface area contributed by atoms with Crippen molar-refractivity contribution in [3.05, 3.63) is 107 Å². The van der Waals surface area contributed by atoms with Crippen LogP contribution < -0.4 is 10.5 Å². The Morgan fingerprint density at radius 2 is 1.30 bits per heavy atom. The molecule has 8 heteroatoms. The van der Waals surface area contributed by atoms with Gasteiger partial charge < -0.3 is 5.73 Å². The molecule has 30 heavy (non-hydrogen) atoms. The number of alkyl halides is 3. The van der Waals surface area contributed by atoms with Crippen molar-refractivity contribution in [2.75, 3.05) is 0 Å². The number of benzene rings is 3. The molecule has 0 saturated heterocycles. The Labute approximate surface area is 173 Å². The largest absolute Gasteiger partial charge is 0.416 e. The molecule has 3 aromatic rings. The van der Waals surface area contributed by atoms with Gasteiger partial charge in [-0.2, -0.15) is 13.2 Å². The summed E-state index contributed by atoms with van der Waals surface area (Å²) in [4.78, 5) is 0. The van der Waals surface area contributed by atoms with Gasteiger partial charge in [0.05, 0.1) is 23.4 Å². The summed E-state index contributed by atoms with van der Waals surface area (Å²) in [6.07, 6.45) is -4.48. The summed E-state index contributed by atoms with van der Waals surface area (Å²) in [6.45, 7) is 0. The molecule has 4 nitrogen and oxygen atoms in total. The SMILES string of the molecule is NC(c1ccccc1)C(NS(=O)(=O)Cc1ccc(C(F)(F)F)cc1)c1ccccc1. The minimum absolute atomic E-state index is 0.246. The van der Waals surface area contributed by atoms with Crippen molar-refractivity contribution in [2.45, 2.75) is 24.0 Å². The molecule has 3 rings (SSSR count). The quantitative estimate of drug-likeness (QED) is 0.572. The van der Waals surface area contributed by atoms with Crippen LogP contribution in [0.15, 0.2) is 84.9 Å². The molecule has 0 fully saturated rings. The molecule has 0 bridgehead atoms. The maximum Gasteiger partial charge on any atom is 0.416 e. The molecule has 2 atom stereocenters. The van der Waals surface area contributed by atoms with Crippen molar-refractivity contribution in [1.82, 2.24) is 4.72 Å². The highest BCUT2D eigenvalue weighted by Crippen LogP contribution is 2.30. The van der Waals surface area contributed by atoms with Gasteiger partial charge in [0.1, 0.15) is 0 Å². The number of sulfonamides is 1. The number of hydrogen-bond acceptors (Lipinski definition) is 3. The molecule has 0 aliphatic heterocycles. The first-order valence-electron chi connectivity index (χ1n) is 9.17. The lowest BCUT2D eigenvalue weighted by atomic mass is 9.95. The fraction of sp³-hybridized carbons (Fsp3) is 0.182. The number of hydrogen-bond donors (Lipinski definition) is 2. The lowest BCUT2D eigenvalue weighted by Crippen LogP contribution is -2.36. The van der Waals surface area contributed by atoms with Crippen LogP contribution in [0.2, 0.25) is 0 Å². The summed E-state index contributed by atoms with van der Waals surface area (Å²) in [5.41, 5.74) is 7.24. The van der Waals surface area contributed by atoms with E-state index in [0.29, 0.717) is 5.56 Å². The van der Waals surface area contributed by atoms with E-state index in [1.807, 2.05) is 36.4 Å². The minimum atomic E-state index is -4.48. The van der Waals surface area contributed by atoms with Gasteiger partial charge in [0.2, 0.25) is 10.0 Å². The number of halogens is 3. The van der Waals surface area contributed by atoms with Gasteiger partial charge in [-0.15, -0.1) is 0 Å². The predicted molar refractivity (Wildman–Crippen MR) is 110 cm³/mol. The van der Waals surface area contributed by atoms with Crippen LogP contribution in [0.25, 0.3) is 0 Å². The highest BCUT2D eigenvalue weighted by atomic mass is 32.2. The van der Waals surface area contributed by atoms with Crippen LogP contribution in [0, 0.1) is 0 Å². The van der Waals surface area contributed by atoms with E-state index >= 15 is 0 Å². The number of rotatable bonds is 7. The Hall–Kier alpha value is -2.68. The standard InChI is InChI=1S/C22H21F3N2O2S/c23-22(24,25)19-13-11-16(12-14-19)15-30(28,29)27-21(18-9-5-2-6-10-18)20(26)17-7-3-1-4-8-17/h1-14,20-21,27H,15,26H2. The van der Waals surface area contributed by atoms with Gasteiger partial charge in [-0.05, 0) is 28.8 Å². The highest BCUT2D eigenvalue weighted by molar-refractivity contribution is 7.88. The molecule has 0 aliphatic rings. The Morgan fingerprint density at radius 3 is 1.80 bits per heavy atom. The van der Waals surface area contributed by atoms with Crippen molar-refractivity contribution < 1.29 is 21.6 Å². The summed E-state index contributed by atoms with van der Waals surface area (Å²) in [6, 6.07) is 20.7. The van der Waals surface area contributed by atoms with Crippen molar-refractivity contribution >= 4 is 10.0 Å². The van der Waals surface area contributed by atoms with Gasteiger partial charge in [-0.1, -0.05) is 72.8 Å². The molecule has 0 saturated carbocycles. The molecular weight excluding hydrogens is 413 g/mol. The van der Waals surface area contributed by atoms with Crippen LogP contribution >= 0.6 is 0 Å². The number of nitrogens with two attached hydrogens (primary N) is 1. The summed E-state index contributed by atoms with van der Waals surface area (Å²) in [5, 5.41) is 0. The third-order valence-corrected chi connectivity index (χ3v) is 5.97. The zero-order chi connectivity index (χ0) is 21.8. The topological polar surface area (TPSA) is 72.2 Å². The zero-order valence-electron chi connectivity index (χ0n) is 15.9. The predicted octanol–water partition coefficient (Wildman–Crippen LogP) is 4.57. The van der Waals surface area contributed by atoms with Crippen molar-refractivity contribution in [2.24, 2.45) is 5.73 Å². The van der Waals surface area contributed by atoms with E-state index in [-0.39, 0.29) is 5.56 Å². The van der Waals surface area contributed by atoms with E-state index in [1.165, 1.54) is 0 Å². The van der Waals surface area contributed by atoms with Crippen molar-refractivity contribution in [3.63, 3.8) is 0 Å². The van der Waals surface area contributed by atoms with Crippen LogP contribution in [0.5, 0.6) is 0 Å². The second kappa shape index (κ2) is 8.99. The summed E-state index contributed by atoms with van der Waals surface area (Å²) >= 11 is 0. The third kappa shape index (κ3) is 5.69. The summed E-state index contributed by atoms with van der Waals surface area (Å²) in [5.74, 6) is -0.462. The molecule has 3 N–H and O–H groups in total. The van der Waals surface area contributed by atoms with Crippen LogP contribution in [0.1, 0.15) is 34.3 Å². The van der Waals surface area contributed by atoms with Gasteiger partial charge in [-0.25, -0.2) is 13.1 Å². The smallest absolute Gasteiger partial charge is 0.322 e. The van der Waals surface area contributed by atoms with Gasteiger partial charge in [0.15, 0.2) is 0 Å². The van der Waals surface area contributed by atoms with E-state index in [1.54, 1.807) is 24.3 Å². The molecule has 0 amide bonds. The van der Waals surface area contributed by atoms with Crippen molar-refractivity contribution in [1.29, 1.82) is 0 Å². The zero-order valence-corrected chi connectivity index (χ0v) is 16.7. The maximum atomic E-state index is 12.8. The maximum absolute atomic E-state index is 12.8. The average molecular weight is 434 g/mol. The lowest BCUT2D eigenvalue weighted by Gasteiger charge is -2.26. The Morgan fingerprint density at radius 1 is 0.800 bits per heavy atom. The highest BCUT2D eigenvalue weighted by Gasteiger charge is 2.30. The molecule has 3 aromatic carbocycles. The minimum Gasteiger partial charge on any atom is -0.322 e. The Balaban J connectivity index is 1.84. The first kappa shape index (κ1) is 22.0. The van der Waals surface area contributed by atoms with E-state index in [9.17, 15) is 21.6 Å². The fourth-order valence-electron chi connectivity index (χ4n) is 3.12. The molecule has 0 aromatic heterocycles. The van der Waals surface area contributed by atoms with Crippen LogP contribution in [-0.4, -0.2) is 8.42 Å². The van der Waals surface area contributed by atoms with Crippen LogP contribution in [0.3, 0.4) is 0 Å². The molecule has 158 valence electrons. The first-order chi connectivity index (χ1) is 14.2. The van der Waals surface area contributed by atoms with E-state index in [0.717, 1.165) is 29.8 Å². The lowest BCUT2D eigenvalue weighted by molar-refractivity contribution is -0.137. The molecule has 0 aliphatic carbocycles. The molecule has 2 unspecified atom stereocenters. The van der Waals surface area contributed by atoms with E-state index in [4.69, 9.17) is 5.73 Å². The second-order valence-electron chi connectivity index (χ2n) is 6.90. The van der Waals surface area contributed by atoms with Crippen LogP contribution in [-0.2, 0) is 22.0 Å². The molecular formula is C22H21F3N2O2S. The van der Waals surface area contributed by atoms with Gasteiger partial charge in [-0.3, -0.25) is 0 Å². The van der Waals surface area contributed by atoms with Gasteiger partial charge in [0, 0.05) is 0 Å². The summed E-state index contributed by atoms with van der Waals surface area (Å²) in [7, 11) is -3.89. The Kier molecular flexibility index (Phi) is 6.60. The van der Waals surface area contributed by atoms with Gasteiger partial charge >= 0.3 is 6.18 Å². The Bertz CT molecular complexity index is 1060. The molecule has 0 heterocycles. The molecule has 0 radical (unpaired) electrons.